The van der Waals surface area contributed by atoms with Crippen LogP contribution in [0.4, 0.5) is 31.7 Å². The van der Waals surface area contributed by atoms with Crippen LogP contribution in [-0.2, 0) is 18.8 Å². The highest BCUT2D eigenvalue weighted by atomic mass is 32.3. The van der Waals surface area contributed by atoms with Crippen molar-refractivity contribution in [2.24, 2.45) is 0 Å². The number of aliphatic hydroxyl groups excluding tert-OH is 1. The first-order valence-electron chi connectivity index (χ1n) is 12.5. The summed E-state index contributed by atoms with van der Waals surface area (Å²) in [5.41, 5.74) is -1.15. The summed E-state index contributed by atoms with van der Waals surface area (Å²) in [7, 11) is -4.36. The van der Waals surface area contributed by atoms with Gasteiger partial charge in [-0.05, 0) is 49.6 Å². The molecule has 0 radical (unpaired) electrons. The van der Waals surface area contributed by atoms with Crippen LogP contribution in [0, 0.1) is 11.6 Å². The van der Waals surface area contributed by atoms with Crippen LogP contribution in [-0.4, -0.2) is 48.0 Å². The Morgan fingerprint density at radius 1 is 1.10 bits per heavy atom. The van der Waals surface area contributed by atoms with Crippen LogP contribution in [0.2, 0.25) is 0 Å². The molecule has 208 valence electrons. The number of anilines is 4. The molecule has 1 spiro atoms. The van der Waals surface area contributed by atoms with E-state index < -0.39 is 50.9 Å². The molecule has 5 heterocycles. The number of fused-ring (bicyclic) bond motifs is 1. The first-order chi connectivity index (χ1) is 19.1. The summed E-state index contributed by atoms with van der Waals surface area (Å²) < 4.78 is 63.6. The molecule has 2 aromatic heterocycles. The third-order valence-corrected chi connectivity index (χ3v) is 8.49. The second-order valence-electron chi connectivity index (χ2n) is 9.94. The maximum Gasteiger partial charge on any atom is 0.408 e. The van der Waals surface area contributed by atoms with E-state index in [-0.39, 0.29) is 35.6 Å². The Hall–Kier alpha value is -3.92. The number of hydrogen-bond donors (Lipinski definition) is 2. The lowest BCUT2D eigenvalue weighted by Crippen LogP contribution is -2.66. The molecular weight excluding hydrogens is 552 g/mol. The quantitative estimate of drug-likeness (QED) is 0.338. The molecule has 3 aliphatic rings. The van der Waals surface area contributed by atoms with Crippen molar-refractivity contribution in [3.05, 3.63) is 80.4 Å². The van der Waals surface area contributed by atoms with Crippen molar-refractivity contribution >= 4 is 38.9 Å². The highest BCUT2D eigenvalue weighted by Gasteiger charge is 2.66. The highest BCUT2D eigenvalue weighted by Crippen LogP contribution is 2.47. The molecule has 3 saturated heterocycles. The number of nitrogens with zero attached hydrogens (tertiary/aromatic N) is 4. The zero-order valence-corrected chi connectivity index (χ0v) is 21.4. The number of benzene rings is 1. The molecule has 7 rings (SSSR count). The maximum absolute atomic E-state index is 14.8. The monoisotopic (exact) mass is 573 g/mol. The Labute approximate surface area is 225 Å². The second-order valence-corrected chi connectivity index (χ2v) is 11.1. The number of halogens is 2. The average Bonchev–Trinajstić information content (AvgIpc) is 3.64. The number of aromatic nitrogens is 2. The van der Waals surface area contributed by atoms with Gasteiger partial charge in [0.1, 0.15) is 34.8 Å². The van der Waals surface area contributed by atoms with E-state index in [2.05, 4.69) is 5.32 Å². The lowest BCUT2D eigenvalue weighted by atomic mass is 10.0. The number of hydrogen-bond acceptors (Lipinski definition) is 11. The van der Waals surface area contributed by atoms with Crippen LogP contribution in [0.5, 0.6) is 0 Å². The molecule has 0 bridgehead atoms. The average molecular weight is 574 g/mol. The molecule has 3 aliphatic heterocycles. The normalized spacial score (nSPS) is 23.4. The van der Waals surface area contributed by atoms with Gasteiger partial charge < -0.3 is 24.6 Å². The van der Waals surface area contributed by atoms with Gasteiger partial charge in [-0.25, -0.2) is 13.8 Å². The Kier molecular flexibility index (Phi) is 5.35. The Morgan fingerprint density at radius 3 is 2.67 bits per heavy atom. The van der Waals surface area contributed by atoms with Crippen LogP contribution in [0.3, 0.4) is 0 Å². The number of nitrogens with one attached hydrogen (secondary N) is 1. The molecule has 0 unspecified atom stereocenters. The van der Waals surface area contributed by atoms with Crippen LogP contribution in [0.25, 0.3) is 5.65 Å². The minimum Gasteiger partial charge on any atom is -0.385 e. The molecular formula is C25H21F2N5O7S. The molecule has 0 saturated carbocycles. The fraction of sp³-hybridized carbons (Fsp3) is 0.320. The van der Waals surface area contributed by atoms with Crippen molar-refractivity contribution in [1.82, 2.24) is 9.38 Å². The summed E-state index contributed by atoms with van der Waals surface area (Å²) in [6, 6.07) is 6.24. The lowest BCUT2D eigenvalue weighted by Gasteiger charge is -2.44. The van der Waals surface area contributed by atoms with Crippen LogP contribution in [0.1, 0.15) is 30.9 Å². The molecule has 2 atom stereocenters. The van der Waals surface area contributed by atoms with E-state index in [0.717, 1.165) is 23.1 Å². The number of rotatable bonds is 5. The first-order valence-corrected chi connectivity index (χ1v) is 13.8. The summed E-state index contributed by atoms with van der Waals surface area (Å²) in [6.45, 7) is 0.434. The van der Waals surface area contributed by atoms with Crippen molar-refractivity contribution in [2.75, 3.05) is 28.2 Å². The summed E-state index contributed by atoms with van der Waals surface area (Å²) >= 11 is 0. The van der Waals surface area contributed by atoms with Gasteiger partial charge in [0.25, 0.3) is 10.9 Å². The van der Waals surface area contributed by atoms with E-state index in [9.17, 15) is 31.9 Å². The molecule has 40 heavy (non-hydrogen) atoms. The predicted octanol–water partition coefficient (Wildman–Crippen LogP) is 1.81. The summed E-state index contributed by atoms with van der Waals surface area (Å²) in [4.78, 5) is 33.2. The van der Waals surface area contributed by atoms with Gasteiger partial charge >= 0.3 is 16.3 Å². The zero-order valence-electron chi connectivity index (χ0n) is 20.6. The molecule has 4 aromatic rings. The third kappa shape index (κ3) is 3.58. The molecule has 3 fully saturated rings. The first kappa shape index (κ1) is 25.1. The topological polar surface area (TPSA) is 143 Å². The Balaban J connectivity index is 1.31. The summed E-state index contributed by atoms with van der Waals surface area (Å²) in [5, 5.41) is 13.4. The van der Waals surface area contributed by atoms with E-state index in [1.807, 2.05) is 4.90 Å². The predicted molar refractivity (Wildman–Crippen MR) is 137 cm³/mol. The summed E-state index contributed by atoms with van der Waals surface area (Å²) in [5.74, 6) is -2.94. The molecule has 12 nitrogen and oxygen atoms in total. The van der Waals surface area contributed by atoms with E-state index in [0.29, 0.717) is 30.9 Å². The largest absolute Gasteiger partial charge is 0.408 e. The van der Waals surface area contributed by atoms with Crippen LogP contribution < -0.4 is 26.0 Å². The van der Waals surface area contributed by atoms with E-state index in [1.54, 1.807) is 28.9 Å². The maximum atomic E-state index is 14.8. The van der Waals surface area contributed by atoms with E-state index >= 15 is 0 Å². The van der Waals surface area contributed by atoms with Gasteiger partial charge in [0.05, 0.1) is 11.7 Å². The van der Waals surface area contributed by atoms with Gasteiger partial charge in [-0.15, -0.1) is 0 Å². The van der Waals surface area contributed by atoms with E-state index in [1.165, 1.54) is 0 Å². The molecule has 0 amide bonds. The minimum absolute atomic E-state index is 0.0184. The van der Waals surface area contributed by atoms with Gasteiger partial charge in [0.2, 0.25) is 0 Å². The smallest absolute Gasteiger partial charge is 0.385 e. The van der Waals surface area contributed by atoms with Gasteiger partial charge in [0.15, 0.2) is 5.82 Å². The van der Waals surface area contributed by atoms with Crippen molar-refractivity contribution in [1.29, 1.82) is 0 Å². The lowest BCUT2D eigenvalue weighted by molar-refractivity contribution is -0.226. The molecule has 2 aromatic carbocycles. The van der Waals surface area contributed by atoms with E-state index in [4.69, 9.17) is 13.4 Å². The third-order valence-electron chi connectivity index (χ3n) is 7.61. The SMILES string of the molecule is O=c1c(Nc2cn3cccc3nc2N2CCC[C@@H]2c2cc(F)ccc2F)c(N2CC[C@H](O)C23OS(=O)(=O)O3)c1=O. The van der Waals surface area contributed by atoms with Crippen LogP contribution in [0.15, 0.2) is 52.3 Å². The fourth-order valence-corrected chi connectivity index (χ4v) is 6.80. The zero-order chi connectivity index (χ0) is 28.0. The number of aliphatic hydroxyl groups is 1. The van der Waals surface area contributed by atoms with Crippen molar-refractivity contribution in [2.45, 2.75) is 37.3 Å². The minimum atomic E-state index is -4.36. The van der Waals surface area contributed by atoms with Crippen molar-refractivity contribution < 1.29 is 30.7 Å². The Morgan fingerprint density at radius 2 is 1.90 bits per heavy atom. The molecule has 15 heteroatoms. The summed E-state index contributed by atoms with van der Waals surface area (Å²) in [6.07, 6.45) is 3.18. The second kappa shape index (κ2) is 8.54. The highest BCUT2D eigenvalue weighted by molar-refractivity contribution is 7.82. The Bertz CT molecular complexity index is 1860. The van der Waals surface area contributed by atoms with Crippen molar-refractivity contribution in [3.8, 4) is 0 Å². The fourth-order valence-electron chi connectivity index (χ4n) is 5.80. The van der Waals surface area contributed by atoms with Gasteiger partial charge in [-0.2, -0.15) is 16.8 Å². The van der Waals surface area contributed by atoms with Gasteiger partial charge in [-0.1, -0.05) is 0 Å². The van der Waals surface area contributed by atoms with Crippen LogP contribution >= 0.6 is 0 Å². The molecule has 0 aliphatic carbocycles. The van der Waals surface area contributed by atoms with Gasteiger partial charge in [0, 0.05) is 31.0 Å². The standard InChI is InChI=1S/C25H21F2N5O7S/c26-13-5-6-15(27)14(11-13)17-3-1-9-31(17)24-16(12-30-8-2-4-19(30)29-24)28-20-21(23(35)22(20)34)32-10-7-18(33)25(32)38-40(36,37)39-25/h2,4-6,8,11-12,17-18,28,33H,1,3,7,9-10H2/t17-,18+/m1/s1. The van der Waals surface area contributed by atoms with Crippen molar-refractivity contribution in [3.63, 3.8) is 0 Å². The molecule has 2 N–H and O–H groups in total. The van der Waals surface area contributed by atoms with Gasteiger partial charge in [-0.3, -0.25) is 9.59 Å².